The summed E-state index contributed by atoms with van der Waals surface area (Å²) in [6, 6.07) is 10.6. The predicted molar refractivity (Wildman–Crippen MR) is 142 cm³/mol. The number of rotatable bonds is 12. The van der Waals surface area contributed by atoms with Crippen molar-refractivity contribution < 1.29 is 22.4 Å². The van der Waals surface area contributed by atoms with Crippen LogP contribution in [0, 0.1) is 25.6 Å². The van der Waals surface area contributed by atoms with Crippen LogP contribution in [0.5, 0.6) is 0 Å². The summed E-state index contributed by atoms with van der Waals surface area (Å²) in [7, 11) is -3.56. The van der Waals surface area contributed by atoms with Crippen LogP contribution in [-0.4, -0.2) is 50.5 Å². The lowest BCUT2D eigenvalue weighted by atomic mass is 10.1. The number of halogens is 1. The first-order valence-corrected chi connectivity index (χ1v) is 14.0. The zero-order valence-electron chi connectivity index (χ0n) is 22.0. The van der Waals surface area contributed by atoms with E-state index < -0.39 is 16.1 Å². The predicted octanol–water partition coefficient (Wildman–Crippen LogP) is 4.18. The second-order valence-corrected chi connectivity index (χ2v) is 11.7. The number of carbonyl (C=O) groups is 2. The summed E-state index contributed by atoms with van der Waals surface area (Å²) in [5, 5.41) is 2.86. The van der Waals surface area contributed by atoms with E-state index in [0.717, 1.165) is 17.4 Å². The lowest BCUT2D eigenvalue weighted by Crippen LogP contribution is -2.48. The maximum absolute atomic E-state index is 13.4. The fourth-order valence-corrected chi connectivity index (χ4v) is 4.87. The van der Waals surface area contributed by atoms with Crippen molar-refractivity contribution in [2.24, 2.45) is 5.92 Å². The third kappa shape index (κ3) is 8.93. The zero-order chi connectivity index (χ0) is 27.0. The van der Waals surface area contributed by atoms with Gasteiger partial charge < -0.3 is 10.2 Å². The summed E-state index contributed by atoms with van der Waals surface area (Å²) < 4.78 is 39.7. The third-order valence-electron chi connectivity index (χ3n) is 5.76. The maximum Gasteiger partial charge on any atom is 0.242 e. The molecule has 0 heterocycles. The Morgan fingerprint density at radius 1 is 1.00 bits per heavy atom. The van der Waals surface area contributed by atoms with Crippen LogP contribution in [0.2, 0.25) is 0 Å². The van der Waals surface area contributed by atoms with E-state index in [2.05, 4.69) is 5.32 Å². The fraction of sp³-hybridized carbons (Fsp3) is 0.481. The second kappa shape index (κ2) is 12.9. The average molecular weight is 520 g/mol. The molecule has 2 aromatic carbocycles. The summed E-state index contributed by atoms with van der Waals surface area (Å²) in [5.74, 6) is -0.672. The summed E-state index contributed by atoms with van der Waals surface area (Å²) >= 11 is 0. The van der Waals surface area contributed by atoms with Crippen molar-refractivity contribution in [2.45, 2.75) is 60.0 Å². The molecule has 0 radical (unpaired) electrons. The number of benzene rings is 2. The van der Waals surface area contributed by atoms with Gasteiger partial charge in [0.25, 0.3) is 0 Å². The normalized spacial score (nSPS) is 12.3. The van der Waals surface area contributed by atoms with Crippen molar-refractivity contribution in [3.63, 3.8) is 0 Å². The van der Waals surface area contributed by atoms with Crippen molar-refractivity contribution >= 4 is 27.5 Å². The van der Waals surface area contributed by atoms with E-state index in [4.69, 9.17) is 0 Å². The van der Waals surface area contributed by atoms with Crippen molar-refractivity contribution in [2.75, 3.05) is 23.7 Å². The van der Waals surface area contributed by atoms with Crippen LogP contribution in [0.3, 0.4) is 0 Å². The molecule has 0 saturated heterocycles. The van der Waals surface area contributed by atoms with Gasteiger partial charge in [-0.25, -0.2) is 12.8 Å². The molecule has 0 fully saturated rings. The Labute approximate surface area is 214 Å². The molecule has 0 saturated carbocycles. The van der Waals surface area contributed by atoms with E-state index in [1.54, 1.807) is 31.2 Å². The Balaban J connectivity index is 2.18. The van der Waals surface area contributed by atoms with Gasteiger partial charge in [0.15, 0.2) is 0 Å². The molecular formula is C27H38FN3O4S. The molecule has 2 aromatic rings. The molecule has 0 spiro atoms. The monoisotopic (exact) mass is 519 g/mol. The summed E-state index contributed by atoms with van der Waals surface area (Å²) in [6.07, 6.45) is 1.48. The van der Waals surface area contributed by atoms with E-state index >= 15 is 0 Å². The molecule has 9 heteroatoms. The highest BCUT2D eigenvalue weighted by atomic mass is 32.2. The lowest BCUT2D eigenvalue weighted by molar-refractivity contribution is -0.140. The Bertz CT molecular complexity index is 1130. The minimum Gasteiger partial charge on any atom is -0.354 e. The second-order valence-electron chi connectivity index (χ2n) is 9.75. The highest BCUT2D eigenvalue weighted by Crippen LogP contribution is 2.22. The van der Waals surface area contributed by atoms with Crippen LogP contribution < -0.4 is 9.62 Å². The van der Waals surface area contributed by atoms with E-state index in [1.165, 1.54) is 21.3 Å². The number of aryl methyl sites for hydroxylation is 2. The van der Waals surface area contributed by atoms with Gasteiger partial charge in [0.2, 0.25) is 21.8 Å². The summed E-state index contributed by atoms with van der Waals surface area (Å²) in [5.41, 5.74) is 3.15. The molecule has 0 aliphatic heterocycles. The van der Waals surface area contributed by atoms with Gasteiger partial charge in [-0.15, -0.1) is 0 Å². The standard InChI is InChI=1S/C27H38FN3O4S/c1-19(2)17-29-27(33)22(5)30(18-23-9-11-24(28)12-10-23)26(32)8-7-13-31(36(6,34)35)25-15-20(3)14-21(4)16-25/h9-12,14-16,19,22H,7-8,13,17-18H2,1-6H3,(H,29,33)/t22-/m1/s1. The fourth-order valence-electron chi connectivity index (χ4n) is 3.92. The molecule has 1 atom stereocenters. The molecule has 2 rings (SSSR count). The van der Waals surface area contributed by atoms with E-state index in [1.807, 2.05) is 33.8 Å². The highest BCUT2D eigenvalue weighted by molar-refractivity contribution is 7.92. The number of hydrogen-bond acceptors (Lipinski definition) is 4. The molecule has 0 aliphatic rings. The SMILES string of the molecule is Cc1cc(C)cc(N(CCCC(=O)N(Cc2ccc(F)cc2)[C@H](C)C(=O)NCC(C)C)S(C)(=O)=O)c1. The van der Waals surface area contributed by atoms with Gasteiger partial charge in [-0.3, -0.25) is 13.9 Å². The van der Waals surface area contributed by atoms with E-state index in [9.17, 15) is 22.4 Å². The Kier molecular flexibility index (Phi) is 10.5. The van der Waals surface area contributed by atoms with Gasteiger partial charge in [-0.05, 0) is 74.1 Å². The number of sulfonamides is 1. The van der Waals surface area contributed by atoms with Gasteiger partial charge in [-0.1, -0.05) is 32.0 Å². The van der Waals surface area contributed by atoms with Gasteiger partial charge in [0.1, 0.15) is 11.9 Å². The van der Waals surface area contributed by atoms with Crippen LogP contribution in [0.25, 0.3) is 0 Å². The van der Waals surface area contributed by atoms with E-state index in [0.29, 0.717) is 17.8 Å². The van der Waals surface area contributed by atoms with Gasteiger partial charge in [-0.2, -0.15) is 0 Å². The van der Waals surface area contributed by atoms with Crippen LogP contribution in [0.15, 0.2) is 42.5 Å². The number of nitrogens with zero attached hydrogens (tertiary/aromatic N) is 2. The Hall–Kier alpha value is -2.94. The molecule has 198 valence electrons. The topological polar surface area (TPSA) is 86.8 Å². The average Bonchev–Trinajstić information content (AvgIpc) is 2.77. The summed E-state index contributed by atoms with van der Waals surface area (Å²) in [4.78, 5) is 27.5. The Morgan fingerprint density at radius 2 is 1.58 bits per heavy atom. The van der Waals surface area contributed by atoms with Crippen LogP contribution in [-0.2, 0) is 26.2 Å². The molecule has 7 nitrogen and oxygen atoms in total. The van der Waals surface area contributed by atoms with Crippen LogP contribution in [0.1, 0.15) is 50.3 Å². The van der Waals surface area contributed by atoms with Crippen LogP contribution in [0.4, 0.5) is 10.1 Å². The zero-order valence-corrected chi connectivity index (χ0v) is 22.9. The quantitative estimate of drug-likeness (QED) is 0.456. The molecule has 36 heavy (non-hydrogen) atoms. The number of carbonyl (C=O) groups excluding carboxylic acids is 2. The molecule has 0 aliphatic carbocycles. The van der Waals surface area contributed by atoms with Crippen molar-refractivity contribution in [1.29, 1.82) is 0 Å². The molecular weight excluding hydrogens is 481 g/mol. The molecule has 1 N–H and O–H groups in total. The third-order valence-corrected chi connectivity index (χ3v) is 6.96. The molecule has 2 amide bonds. The van der Waals surface area contributed by atoms with Crippen molar-refractivity contribution in [1.82, 2.24) is 10.2 Å². The lowest BCUT2D eigenvalue weighted by Gasteiger charge is -2.29. The molecule has 0 unspecified atom stereocenters. The smallest absolute Gasteiger partial charge is 0.242 e. The first-order valence-electron chi connectivity index (χ1n) is 12.2. The minimum atomic E-state index is -3.56. The Morgan fingerprint density at radius 3 is 2.11 bits per heavy atom. The van der Waals surface area contributed by atoms with Gasteiger partial charge >= 0.3 is 0 Å². The first-order chi connectivity index (χ1) is 16.8. The number of amides is 2. The van der Waals surface area contributed by atoms with Gasteiger partial charge in [0.05, 0.1) is 11.9 Å². The number of anilines is 1. The first kappa shape index (κ1) is 29.3. The summed E-state index contributed by atoms with van der Waals surface area (Å²) in [6.45, 7) is 10.2. The van der Waals surface area contributed by atoms with Crippen LogP contribution >= 0.6 is 0 Å². The number of nitrogens with one attached hydrogen (secondary N) is 1. The number of hydrogen-bond donors (Lipinski definition) is 1. The molecule has 0 bridgehead atoms. The van der Waals surface area contributed by atoms with Crippen molar-refractivity contribution in [3.8, 4) is 0 Å². The highest BCUT2D eigenvalue weighted by Gasteiger charge is 2.26. The molecule has 0 aromatic heterocycles. The maximum atomic E-state index is 13.4. The van der Waals surface area contributed by atoms with Gasteiger partial charge in [0, 0.05) is 26.1 Å². The van der Waals surface area contributed by atoms with Crippen molar-refractivity contribution in [3.05, 3.63) is 65.0 Å². The largest absolute Gasteiger partial charge is 0.354 e. The van der Waals surface area contributed by atoms with E-state index in [-0.39, 0.29) is 49.5 Å². The minimum absolute atomic E-state index is 0.0554.